The minimum Gasteiger partial charge on any atom is -0.476 e. The van der Waals surface area contributed by atoms with E-state index in [4.69, 9.17) is 14.2 Å². The lowest BCUT2D eigenvalue weighted by Crippen LogP contribution is -2.23. The number of nitrogens with zero attached hydrogens (tertiary/aromatic N) is 1. The van der Waals surface area contributed by atoms with Gasteiger partial charge in [-0.25, -0.2) is 4.98 Å². The van der Waals surface area contributed by atoms with Gasteiger partial charge in [-0.05, 0) is 19.1 Å². The Labute approximate surface area is 95.7 Å². The standard InChI is InChI=1S/C11H18N2O3/c1-4-16-11-9(6-5-7-12-11)13-8-10(14-2)15-3/h5-7,10,13H,4,8H2,1-3H3. The number of hydrogen-bond donors (Lipinski definition) is 1. The molecule has 1 heterocycles. The smallest absolute Gasteiger partial charge is 0.237 e. The lowest BCUT2D eigenvalue weighted by Gasteiger charge is -2.16. The van der Waals surface area contributed by atoms with Crippen LogP contribution in [0.2, 0.25) is 0 Å². The molecule has 0 atom stereocenters. The molecule has 0 aliphatic heterocycles. The monoisotopic (exact) mass is 226 g/mol. The van der Waals surface area contributed by atoms with Crippen LogP contribution in [0.25, 0.3) is 0 Å². The predicted octanol–water partition coefficient (Wildman–Crippen LogP) is 1.51. The van der Waals surface area contributed by atoms with E-state index in [9.17, 15) is 0 Å². The number of methoxy groups -OCH3 is 2. The molecule has 0 fully saturated rings. The lowest BCUT2D eigenvalue weighted by molar-refractivity contribution is -0.0914. The summed E-state index contributed by atoms with van der Waals surface area (Å²) in [5, 5.41) is 3.16. The molecule has 1 rings (SSSR count). The number of rotatable bonds is 7. The van der Waals surface area contributed by atoms with Gasteiger partial charge >= 0.3 is 0 Å². The van der Waals surface area contributed by atoms with Crippen molar-refractivity contribution in [3.63, 3.8) is 0 Å². The Morgan fingerprint density at radius 2 is 2.12 bits per heavy atom. The first-order valence-electron chi connectivity index (χ1n) is 5.19. The van der Waals surface area contributed by atoms with Gasteiger partial charge in [-0.3, -0.25) is 0 Å². The molecule has 0 spiro atoms. The summed E-state index contributed by atoms with van der Waals surface area (Å²) in [6, 6.07) is 3.75. The molecule has 90 valence electrons. The number of aromatic nitrogens is 1. The fourth-order valence-corrected chi connectivity index (χ4v) is 1.23. The first-order valence-corrected chi connectivity index (χ1v) is 5.19. The molecule has 0 saturated heterocycles. The SMILES string of the molecule is CCOc1ncccc1NCC(OC)OC. The maximum absolute atomic E-state index is 5.38. The van der Waals surface area contributed by atoms with E-state index < -0.39 is 0 Å². The second-order valence-electron chi connectivity index (χ2n) is 3.07. The topological polar surface area (TPSA) is 52.6 Å². The number of nitrogens with one attached hydrogen (secondary N) is 1. The summed E-state index contributed by atoms with van der Waals surface area (Å²) in [6.07, 6.45) is 1.41. The van der Waals surface area contributed by atoms with Crippen LogP contribution in [-0.4, -0.2) is 38.6 Å². The highest BCUT2D eigenvalue weighted by Crippen LogP contribution is 2.20. The Morgan fingerprint density at radius 3 is 2.75 bits per heavy atom. The zero-order valence-corrected chi connectivity index (χ0v) is 9.90. The van der Waals surface area contributed by atoms with Crippen LogP contribution in [-0.2, 0) is 9.47 Å². The Bertz CT molecular complexity index is 303. The van der Waals surface area contributed by atoms with Crippen LogP contribution in [0.15, 0.2) is 18.3 Å². The van der Waals surface area contributed by atoms with Gasteiger partial charge in [0.15, 0.2) is 6.29 Å². The van der Waals surface area contributed by atoms with Crippen LogP contribution >= 0.6 is 0 Å². The van der Waals surface area contributed by atoms with Crippen molar-refractivity contribution < 1.29 is 14.2 Å². The van der Waals surface area contributed by atoms with Gasteiger partial charge < -0.3 is 19.5 Å². The second kappa shape index (κ2) is 7.03. The molecule has 5 nitrogen and oxygen atoms in total. The van der Waals surface area contributed by atoms with Crippen LogP contribution in [0, 0.1) is 0 Å². The van der Waals surface area contributed by atoms with Crippen molar-refractivity contribution in [3.05, 3.63) is 18.3 Å². The van der Waals surface area contributed by atoms with Gasteiger partial charge in [-0.2, -0.15) is 0 Å². The van der Waals surface area contributed by atoms with Crippen molar-refractivity contribution in [2.24, 2.45) is 0 Å². The molecule has 0 radical (unpaired) electrons. The first kappa shape index (κ1) is 12.7. The van der Waals surface area contributed by atoms with E-state index in [1.54, 1.807) is 20.4 Å². The minimum atomic E-state index is -0.283. The van der Waals surface area contributed by atoms with Crippen molar-refractivity contribution in [2.75, 3.05) is 32.7 Å². The normalized spacial score (nSPS) is 10.5. The molecule has 1 aromatic heterocycles. The summed E-state index contributed by atoms with van der Waals surface area (Å²) >= 11 is 0. The van der Waals surface area contributed by atoms with Gasteiger partial charge in [0.2, 0.25) is 5.88 Å². The molecule has 0 aliphatic carbocycles. The molecule has 0 aliphatic rings. The second-order valence-corrected chi connectivity index (χ2v) is 3.07. The number of pyridine rings is 1. The molecular formula is C11H18N2O3. The van der Waals surface area contributed by atoms with E-state index in [1.807, 2.05) is 19.1 Å². The molecule has 0 aromatic carbocycles. The Hall–Kier alpha value is -1.33. The van der Waals surface area contributed by atoms with Gasteiger partial charge in [0, 0.05) is 20.4 Å². The maximum Gasteiger partial charge on any atom is 0.237 e. The summed E-state index contributed by atoms with van der Waals surface area (Å²) < 4.78 is 15.5. The number of ether oxygens (including phenoxy) is 3. The van der Waals surface area contributed by atoms with Crippen molar-refractivity contribution in [2.45, 2.75) is 13.2 Å². The zero-order valence-electron chi connectivity index (χ0n) is 9.90. The summed E-state index contributed by atoms with van der Waals surface area (Å²) in [5.74, 6) is 0.593. The third-order valence-corrected chi connectivity index (χ3v) is 2.04. The third kappa shape index (κ3) is 3.67. The fraction of sp³-hybridized carbons (Fsp3) is 0.545. The first-order chi connectivity index (χ1) is 7.81. The molecule has 1 aromatic rings. The lowest BCUT2D eigenvalue weighted by atomic mass is 10.4. The Kier molecular flexibility index (Phi) is 5.60. The Balaban J connectivity index is 2.58. The van der Waals surface area contributed by atoms with Crippen molar-refractivity contribution in [1.29, 1.82) is 0 Å². The zero-order chi connectivity index (χ0) is 11.8. The third-order valence-electron chi connectivity index (χ3n) is 2.04. The van der Waals surface area contributed by atoms with Crippen LogP contribution < -0.4 is 10.1 Å². The largest absolute Gasteiger partial charge is 0.476 e. The van der Waals surface area contributed by atoms with Crippen molar-refractivity contribution in [3.8, 4) is 5.88 Å². The number of hydrogen-bond acceptors (Lipinski definition) is 5. The minimum absolute atomic E-state index is 0.283. The van der Waals surface area contributed by atoms with Gasteiger partial charge in [0.1, 0.15) is 0 Å². The molecule has 16 heavy (non-hydrogen) atoms. The van der Waals surface area contributed by atoms with E-state index in [0.717, 1.165) is 5.69 Å². The van der Waals surface area contributed by atoms with Gasteiger partial charge in [-0.15, -0.1) is 0 Å². The molecule has 1 N–H and O–H groups in total. The van der Waals surface area contributed by atoms with E-state index in [2.05, 4.69) is 10.3 Å². The Morgan fingerprint density at radius 1 is 1.38 bits per heavy atom. The summed E-state index contributed by atoms with van der Waals surface area (Å²) in [7, 11) is 3.20. The highest BCUT2D eigenvalue weighted by atomic mass is 16.7. The van der Waals surface area contributed by atoms with E-state index in [0.29, 0.717) is 19.0 Å². The van der Waals surface area contributed by atoms with E-state index in [-0.39, 0.29) is 6.29 Å². The van der Waals surface area contributed by atoms with Crippen LogP contribution in [0.3, 0.4) is 0 Å². The van der Waals surface area contributed by atoms with Crippen molar-refractivity contribution in [1.82, 2.24) is 4.98 Å². The van der Waals surface area contributed by atoms with E-state index in [1.165, 1.54) is 0 Å². The maximum atomic E-state index is 5.38. The average Bonchev–Trinajstić information content (AvgIpc) is 2.33. The predicted molar refractivity (Wildman–Crippen MR) is 61.7 cm³/mol. The highest BCUT2D eigenvalue weighted by molar-refractivity contribution is 5.51. The van der Waals surface area contributed by atoms with Gasteiger partial charge in [0.25, 0.3) is 0 Å². The average molecular weight is 226 g/mol. The summed E-state index contributed by atoms with van der Waals surface area (Å²) in [6.45, 7) is 3.05. The summed E-state index contributed by atoms with van der Waals surface area (Å²) in [4.78, 5) is 4.13. The molecule has 0 unspecified atom stereocenters. The fourth-order valence-electron chi connectivity index (χ4n) is 1.23. The van der Waals surface area contributed by atoms with Gasteiger partial charge in [-0.1, -0.05) is 0 Å². The van der Waals surface area contributed by atoms with E-state index >= 15 is 0 Å². The van der Waals surface area contributed by atoms with Crippen LogP contribution in [0.1, 0.15) is 6.92 Å². The van der Waals surface area contributed by atoms with Gasteiger partial charge in [0.05, 0.1) is 18.8 Å². The molecule has 0 bridgehead atoms. The van der Waals surface area contributed by atoms with Crippen molar-refractivity contribution >= 4 is 5.69 Å². The quantitative estimate of drug-likeness (QED) is 0.714. The molecule has 0 amide bonds. The molecule has 5 heteroatoms. The molecule has 0 saturated carbocycles. The molecular weight excluding hydrogens is 208 g/mol. The van der Waals surface area contributed by atoms with Crippen LogP contribution in [0.4, 0.5) is 5.69 Å². The number of anilines is 1. The van der Waals surface area contributed by atoms with Crippen LogP contribution in [0.5, 0.6) is 5.88 Å². The highest BCUT2D eigenvalue weighted by Gasteiger charge is 2.07. The summed E-state index contributed by atoms with van der Waals surface area (Å²) in [5.41, 5.74) is 0.837.